The van der Waals surface area contributed by atoms with E-state index in [9.17, 15) is 4.79 Å². The Morgan fingerprint density at radius 2 is 2.06 bits per heavy atom. The van der Waals surface area contributed by atoms with Crippen molar-refractivity contribution in [2.24, 2.45) is 0 Å². The third-order valence-corrected chi connectivity index (χ3v) is 3.18. The predicted molar refractivity (Wildman–Crippen MR) is 60.6 cm³/mol. The lowest BCUT2D eigenvalue weighted by Gasteiger charge is -2.41. The quantitative estimate of drug-likeness (QED) is 0.760. The molecule has 0 spiro atoms. The predicted octanol–water partition coefficient (Wildman–Crippen LogP) is 2.17. The third kappa shape index (κ3) is 2.06. The molecule has 0 unspecified atom stereocenters. The van der Waals surface area contributed by atoms with E-state index in [-0.39, 0.29) is 11.4 Å². The first-order valence-electron chi connectivity index (χ1n) is 5.07. The van der Waals surface area contributed by atoms with Crippen molar-refractivity contribution in [2.75, 3.05) is 20.3 Å². The number of methoxy groups -OCH3 is 1. The zero-order valence-corrected chi connectivity index (χ0v) is 9.79. The summed E-state index contributed by atoms with van der Waals surface area (Å²) in [5.74, 6) is -0.210. The molecule has 0 bridgehead atoms. The summed E-state index contributed by atoms with van der Waals surface area (Å²) >= 11 is 5.83. The maximum atomic E-state index is 11.4. The number of halogens is 1. The molecule has 16 heavy (non-hydrogen) atoms. The van der Waals surface area contributed by atoms with Gasteiger partial charge in [0, 0.05) is 5.02 Å². The first-order chi connectivity index (χ1) is 7.66. The minimum absolute atomic E-state index is 0.210. The van der Waals surface area contributed by atoms with Crippen molar-refractivity contribution in [3.8, 4) is 0 Å². The summed E-state index contributed by atoms with van der Waals surface area (Å²) in [4.78, 5) is 11.4. The van der Waals surface area contributed by atoms with Crippen molar-refractivity contribution in [3.63, 3.8) is 0 Å². The van der Waals surface area contributed by atoms with E-state index in [0.29, 0.717) is 24.7 Å². The molecule has 4 heteroatoms. The van der Waals surface area contributed by atoms with E-state index in [1.54, 1.807) is 0 Å². The minimum Gasteiger partial charge on any atom is -0.469 e. The maximum Gasteiger partial charge on any atom is 0.306 e. The van der Waals surface area contributed by atoms with E-state index in [2.05, 4.69) is 0 Å². The van der Waals surface area contributed by atoms with E-state index >= 15 is 0 Å². The molecule has 1 aromatic carbocycles. The van der Waals surface area contributed by atoms with E-state index in [1.165, 1.54) is 7.11 Å². The number of hydrogen-bond donors (Lipinski definition) is 0. The molecule has 3 nitrogen and oxygen atoms in total. The Hall–Kier alpha value is -1.06. The highest BCUT2D eigenvalue weighted by molar-refractivity contribution is 6.30. The van der Waals surface area contributed by atoms with Gasteiger partial charge in [0.15, 0.2) is 0 Å². The van der Waals surface area contributed by atoms with E-state index in [4.69, 9.17) is 21.1 Å². The van der Waals surface area contributed by atoms with Crippen LogP contribution in [0.4, 0.5) is 0 Å². The number of ether oxygens (including phenoxy) is 2. The van der Waals surface area contributed by atoms with Crippen LogP contribution in [0, 0.1) is 0 Å². The summed E-state index contributed by atoms with van der Waals surface area (Å²) < 4.78 is 9.93. The molecule has 1 aromatic rings. The Morgan fingerprint density at radius 3 is 2.50 bits per heavy atom. The highest BCUT2D eigenvalue weighted by atomic mass is 35.5. The molecule has 0 aromatic heterocycles. The second-order valence-electron chi connectivity index (χ2n) is 4.03. The highest BCUT2D eigenvalue weighted by Gasteiger charge is 2.42. The fourth-order valence-electron chi connectivity index (χ4n) is 1.87. The molecule has 0 aliphatic carbocycles. The van der Waals surface area contributed by atoms with Crippen molar-refractivity contribution in [1.29, 1.82) is 0 Å². The lowest BCUT2D eigenvalue weighted by molar-refractivity contribution is -0.148. The number of esters is 1. The molecule has 1 aliphatic heterocycles. The zero-order chi connectivity index (χ0) is 11.6. The van der Waals surface area contributed by atoms with Crippen LogP contribution in [0.2, 0.25) is 5.02 Å². The average molecular weight is 241 g/mol. The fraction of sp³-hybridized carbons (Fsp3) is 0.417. The molecule has 1 fully saturated rings. The van der Waals surface area contributed by atoms with Gasteiger partial charge in [-0.25, -0.2) is 0 Å². The van der Waals surface area contributed by atoms with Gasteiger partial charge < -0.3 is 9.47 Å². The lowest BCUT2D eigenvalue weighted by atomic mass is 9.76. The molecular formula is C12H13ClO3. The van der Waals surface area contributed by atoms with Crippen LogP contribution < -0.4 is 0 Å². The van der Waals surface area contributed by atoms with Gasteiger partial charge in [0.25, 0.3) is 0 Å². The largest absolute Gasteiger partial charge is 0.469 e. The standard InChI is InChI=1S/C12H13ClO3/c1-15-11(14)6-12(7-16-8-12)9-2-4-10(13)5-3-9/h2-5H,6-8H2,1H3. The van der Waals surface area contributed by atoms with Crippen molar-refractivity contribution < 1.29 is 14.3 Å². The Labute approximate surface area is 99.3 Å². The zero-order valence-electron chi connectivity index (χ0n) is 9.03. The van der Waals surface area contributed by atoms with Crippen molar-refractivity contribution >= 4 is 17.6 Å². The second-order valence-corrected chi connectivity index (χ2v) is 4.47. The van der Waals surface area contributed by atoms with Crippen molar-refractivity contribution in [2.45, 2.75) is 11.8 Å². The summed E-state index contributed by atoms with van der Waals surface area (Å²) in [7, 11) is 1.40. The third-order valence-electron chi connectivity index (χ3n) is 2.92. The van der Waals surface area contributed by atoms with Crippen LogP contribution in [-0.2, 0) is 19.7 Å². The van der Waals surface area contributed by atoms with Crippen molar-refractivity contribution in [1.82, 2.24) is 0 Å². The van der Waals surface area contributed by atoms with Gasteiger partial charge in [0.05, 0.1) is 32.2 Å². The summed E-state index contributed by atoms with van der Waals surface area (Å²) in [6.07, 6.45) is 0.352. The van der Waals surface area contributed by atoms with Crippen LogP contribution in [0.25, 0.3) is 0 Å². The first kappa shape index (κ1) is 11.4. The van der Waals surface area contributed by atoms with Crippen LogP contribution in [0.5, 0.6) is 0 Å². The van der Waals surface area contributed by atoms with Crippen LogP contribution in [0.1, 0.15) is 12.0 Å². The SMILES string of the molecule is COC(=O)CC1(c2ccc(Cl)cc2)COC1. The minimum atomic E-state index is -0.225. The molecule has 1 heterocycles. The molecule has 0 amide bonds. The molecule has 2 rings (SSSR count). The van der Waals surface area contributed by atoms with Crippen LogP contribution in [0.15, 0.2) is 24.3 Å². The Morgan fingerprint density at radius 1 is 1.44 bits per heavy atom. The molecule has 0 atom stereocenters. The topological polar surface area (TPSA) is 35.5 Å². The molecule has 0 saturated carbocycles. The number of benzene rings is 1. The van der Waals surface area contributed by atoms with Crippen LogP contribution >= 0.6 is 11.6 Å². The number of rotatable bonds is 3. The molecule has 1 aliphatic rings. The lowest BCUT2D eigenvalue weighted by Crippen LogP contribution is -2.48. The van der Waals surface area contributed by atoms with Gasteiger partial charge in [-0.2, -0.15) is 0 Å². The van der Waals surface area contributed by atoms with E-state index < -0.39 is 0 Å². The Bertz CT molecular complexity index is 382. The Kier molecular flexibility index (Phi) is 3.17. The van der Waals surface area contributed by atoms with Gasteiger partial charge in [0.2, 0.25) is 0 Å². The van der Waals surface area contributed by atoms with Crippen LogP contribution in [0.3, 0.4) is 0 Å². The normalized spacial score (nSPS) is 17.6. The molecule has 0 N–H and O–H groups in total. The summed E-state index contributed by atoms with van der Waals surface area (Å²) in [6.45, 7) is 1.12. The fourth-order valence-corrected chi connectivity index (χ4v) is 2.00. The summed E-state index contributed by atoms with van der Waals surface area (Å²) in [5.41, 5.74) is 0.853. The smallest absolute Gasteiger partial charge is 0.306 e. The number of carbonyl (C=O) groups is 1. The average Bonchev–Trinajstić information content (AvgIpc) is 2.24. The molecule has 1 saturated heterocycles. The second kappa shape index (κ2) is 4.44. The summed E-state index contributed by atoms with van der Waals surface area (Å²) in [5, 5.41) is 0.692. The van der Waals surface area contributed by atoms with E-state index in [1.807, 2.05) is 24.3 Å². The van der Waals surface area contributed by atoms with E-state index in [0.717, 1.165) is 5.56 Å². The maximum absolute atomic E-state index is 11.4. The molecule has 86 valence electrons. The monoisotopic (exact) mass is 240 g/mol. The van der Waals surface area contributed by atoms with Gasteiger partial charge in [0.1, 0.15) is 0 Å². The van der Waals surface area contributed by atoms with Gasteiger partial charge in [-0.3, -0.25) is 4.79 Å². The first-order valence-corrected chi connectivity index (χ1v) is 5.45. The van der Waals surface area contributed by atoms with Gasteiger partial charge >= 0.3 is 5.97 Å². The van der Waals surface area contributed by atoms with Gasteiger partial charge in [-0.15, -0.1) is 0 Å². The molecular weight excluding hydrogens is 228 g/mol. The number of hydrogen-bond acceptors (Lipinski definition) is 3. The summed E-state index contributed by atoms with van der Waals surface area (Å²) in [6, 6.07) is 7.53. The highest BCUT2D eigenvalue weighted by Crippen LogP contribution is 2.36. The number of carbonyl (C=O) groups excluding carboxylic acids is 1. The van der Waals surface area contributed by atoms with Crippen LogP contribution in [-0.4, -0.2) is 26.3 Å². The Balaban J connectivity index is 2.21. The van der Waals surface area contributed by atoms with Crippen molar-refractivity contribution in [3.05, 3.63) is 34.9 Å². The van der Waals surface area contributed by atoms with Gasteiger partial charge in [-0.1, -0.05) is 23.7 Å². The molecule has 0 radical (unpaired) electrons. The van der Waals surface area contributed by atoms with Gasteiger partial charge in [-0.05, 0) is 17.7 Å².